The molecule has 0 amide bonds. The van der Waals surface area contributed by atoms with E-state index in [2.05, 4.69) is 41.5 Å². The van der Waals surface area contributed by atoms with E-state index in [1.54, 1.807) is 0 Å². The van der Waals surface area contributed by atoms with Gasteiger partial charge in [-0.15, -0.1) is 0 Å². The molecule has 0 aromatic heterocycles. The van der Waals surface area contributed by atoms with Gasteiger partial charge in [-0.25, -0.2) is 4.79 Å². The molecule has 0 bridgehead atoms. The maximum absolute atomic E-state index is 13.3. The van der Waals surface area contributed by atoms with E-state index in [1.807, 2.05) is 49.4 Å². The van der Waals surface area contributed by atoms with Gasteiger partial charge in [0.05, 0.1) is 0 Å². The van der Waals surface area contributed by atoms with Crippen molar-refractivity contribution >= 4 is 5.97 Å². The maximum atomic E-state index is 13.3. The second kappa shape index (κ2) is 9.46. The Labute approximate surface area is 188 Å². The van der Waals surface area contributed by atoms with E-state index in [0.29, 0.717) is 34.8 Å². The number of hydrogen-bond acceptors (Lipinski definition) is 3. The summed E-state index contributed by atoms with van der Waals surface area (Å²) in [5.74, 6) is 2.61. The molecule has 0 N–H and O–H groups in total. The van der Waals surface area contributed by atoms with Gasteiger partial charge in [0.25, 0.3) is 0 Å². The highest BCUT2D eigenvalue weighted by Crippen LogP contribution is 2.38. The molecule has 0 saturated heterocycles. The van der Waals surface area contributed by atoms with Crippen LogP contribution in [-0.2, 0) is 5.41 Å². The fourth-order valence-corrected chi connectivity index (χ4v) is 4.70. The largest absolute Gasteiger partial charge is 0.489 e. The predicted octanol–water partition coefficient (Wildman–Crippen LogP) is 7.35. The molecule has 3 rings (SSSR count). The molecule has 3 heteroatoms. The zero-order valence-electron chi connectivity index (χ0n) is 20.2. The molecule has 2 aromatic rings. The van der Waals surface area contributed by atoms with E-state index in [-0.39, 0.29) is 17.5 Å². The van der Waals surface area contributed by atoms with Gasteiger partial charge in [0.15, 0.2) is 0 Å². The zero-order chi connectivity index (χ0) is 22.8. The quantitative estimate of drug-likeness (QED) is 0.373. The number of esters is 1. The second-order valence-corrected chi connectivity index (χ2v) is 10.6. The van der Waals surface area contributed by atoms with Crippen LogP contribution in [-0.4, -0.2) is 12.1 Å². The minimum atomic E-state index is -0.361. The number of ether oxygens (including phenoxy) is 2. The minimum Gasteiger partial charge on any atom is -0.489 e. The van der Waals surface area contributed by atoms with Crippen molar-refractivity contribution in [2.45, 2.75) is 79.2 Å². The number of aryl methyl sites for hydroxylation is 1. The highest BCUT2D eigenvalue weighted by Gasteiger charge is 2.33. The molecule has 0 unspecified atom stereocenters. The Balaban J connectivity index is 1.90. The van der Waals surface area contributed by atoms with E-state index in [0.717, 1.165) is 17.5 Å². The summed E-state index contributed by atoms with van der Waals surface area (Å²) in [6.45, 7) is 15.2. The van der Waals surface area contributed by atoms with Gasteiger partial charge in [-0.3, -0.25) is 0 Å². The standard InChI is InChI=1S/C28H38O3/c1-18(2)21-16-15-19(3)17-25(21)30-26-20(4)11-10-12-22(26)27(29)31-24-14-9-8-13-23(24)28(5,6)7/h8-14,18-19,21,25H,15-17H2,1-7H3/t19-,21+,25-/m1/s1. The van der Waals surface area contributed by atoms with Crippen LogP contribution in [0, 0.1) is 24.7 Å². The first-order valence-electron chi connectivity index (χ1n) is 11.7. The minimum absolute atomic E-state index is 0.120. The summed E-state index contributed by atoms with van der Waals surface area (Å²) >= 11 is 0. The van der Waals surface area contributed by atoms with Crippen molar-refractivity contribution in [1.82, 2.24) is 0 Å². The van der Waals surface area contributed by atoms with Gasteiger partial charge < -0.3 is 9.47 Å². The van der Waals surface area contributed by atoms with Crippen molar-refractivity contribution in [2.24, 2.45) is 17.8 Å². The fourth-order valence-electron chi connectivity index (χ4n) is 4.70. The van der Waals surface area contributed by atoms with Crippen LogP contribution < -0.4 is 9.47 Å². The van der Waals surface area contributed by atoms with Gasteiger partial charge in [0.2, 0.25) is 0 Å². The summed E-state index contributed by atoms with van der Waals surface area (Å²) in [7, 11) is 0. The molecule has 3 nitrogen and oxygen atoms in total. The molecule has 1 aliphatic carbocycles. The lowest BCUT2D eigenvalue weighted by molar-refractivity contribution is 0.0435. The van der Waals surface area contributed by atoms with E-state index in [1.165, 1.54) is 12.8 Å². The van der Waals surface area contributed by atoms with Gasteiger partial charge in [-0.05, 0) is 60.6 Å². The highest BCUT2D eigenvalue weighted by molar-refractivity contribution is 5.94. The summed E-state index contributed by atoms with van der Waals surface area (Å²) < 4.78 is 12.5. The average molecular weight is 423 g/mol. The maximum Gasteiger partial charge on any atom is 0.347 e. The Kier molecular flexibility index (Phi) is 7.13. The SMILES string of the molecule is Cc1cccc(C(=O)Oc2ccccc2C(C)(C)C)c1O[C@@H]1C[C@H](C)CC[C@H]1C(C)C. The van der Waals surface area contributed by atoms with Crippen LogP contribution in [0.3, 0.4) is 0 Å². The Hall–Kier alpha value is -2.29. The van der Waals surface area contributed by atoms with Crippen LogP contribution in [0.5, 0.6) is 11.5 Å². The molecular formula is C28H38O3. The van der Waals surface area contributed by atoms with Gasteiger partial charge in [0.1, 0.15) is 23.2 Å². The van der Waals surface area contributed by atoms with E-state index in [9.17, 15) is 4.79 Å². The van der Waals surface area contributed by atoms with Crippen LogP contribution in [0.1, 0.15) is 82.3 Å². The Bertz CT molecular complexity index is 907. The lowest BCUT2D eigenvalue weighted by Gasteiger charge is -2.37. The molecule has 0 spiro atoms. The Morgan fingerprint density at radius 2 is 1.74 bits per heavy atom. The van der Waals surface area contributed by atoms with Crippen molar-refractivity contribution in [3.63, 3.8) is 0 Å². The molecule has 0 heterocycles. The number of rotatable bonds is 5. The van der Waals surface area contributed by atoms with Crippen molar-refractivity contribution in [3.8, 4) is 11.5 Å². The van der Waals surface area contributed by atoms with Crippen LogP contribution in [0.15, 0.2) is 42.5 Å². The lowest BCUT2D eigenvalue weighted by atomic mass is 9.75. The number of hydrogen-bond donors (Lipinski definition) is 0. The number of carbonyl (C=O) groups excluding carboxylic acids is 1. The Morgan fingerprint density at radius 1 is 1.03 bits per heavy atom. The molecular weight excluding hydrogens is 384 g/mol. The van der Waals surface area contributed by atoms with E-state index < -0.39 is 0 Å². The average Bonchev–Trinajstić information content (AvgIpc) is 2.69. The summed E-state index contributed by atoms with van der Waals surface area (Å²) in [6.07, 6.45) is 3.57. The molecule has 168 valence electrons. The van der Waals surface area contributed by atoms with Gasteiger partial charge in [-0.2, -0.15) is 0 Å². The van der Waals surface area contributed by atoms with Gasteiger partial charge in [-0.1, -0.05) is 78.3 Å². The number of benzene rings is 2. The van der Waals surface area contributed by atoms with Crippen molar-refractivity contribution < 1.29 is 14.3 Å². The van der Waals surface area contributed by atoms with Gasteiger partial charge >= 0.3 is 5.97 Å². The van der Waals surface area contributed by atoms with E-state index in [4.69, 9.17) is 9.47 Å². The third-order valence-electron chi connectivity index (χ3n) is 6.56. The van der Waals surface area contributed by atoms with Crippen LogP contribution in [0.4, 0.5) is 0 Å². The third kappa shape index (κ3) is 5.50. The van der Waals surface area contributed by atoms with Gasteiger partial charge in [0, 0.05) is 5.56 Å². The summed E-state index contributed by atoms with van der Waals surface area (Å²) in [5, 5.41) is 0. The molecule has 0 radical (unpaired) electrons. The molecule has 1 saturated carbocycles. The third-order valence-corrected chi connectivity index (χ3v) is 6.56. The van der Waals surface area contributed by atoms with Crippen molar-refractivity contribution in [3.05, 3.63) is 59.2 Å². The number of carbonyl (C=O) groups is 1. The predicted molar refractivity (Wildman–Crippen MR) is 127 cm³/mol. The topological polar surface area (TPSA) is 35.5 Å². The monoisotopic (exact) mass is 422 g/mol. The van der Waals surface area contributed by atoms with Crippen molar-refractivity contribution in [1.29, 1.82) is 0 Å². The van der Waals surface area contributed by atoms with Crippen LogP contribution >= 0.6 is 0 Å². The number of para-hydroxylation sites is 2. The molecule has 0 aliphatic heterocycles. The lowest BCUT2D eigenvalue weighted by Crippen LogP contribution is -2.37. The first-order valence-corrected chi connectivity index (χ1v) is 11.7. The van der Waals surface area contributed by atoms with Crippen LogP contribution in [0.25, 0.3) is 0 Å². The highest BCUT2D eigenvalue weighted by atomic mass is 16.5. The first-order chi connectivity index (χ1) is 14.6. The molecule has 1 aliphatic rings. The van der Waals surface area contributed by atoms with Crippen LogP contribution in [0.2, 0.25) is 0 Å². The normalized spacial score (nSPS) is 21.7. The Morgan fingerprint density at radius 3 is 2.42 bits per heavy atom. The summed E-state index contributed by atoms with van der Waals surface area (Å²) in [6, 6.07) is 13.5. The molecule has 31 heavy (non-hydrogen) atoms. The summed E-state index contributed by atoms with van der Waals surface area (Å²) in [4.78, 5) is 13.3. The smallest absolute Gasteiger partial charge is 0.347 e. The van der Waals surface area contributed by atoms with E-state index >= 15 is 0 Å². The fraction of sp³-hybridized carbons (Fsp3) is 0.536. The zero-order valence-corrected chi connectivity index (χ0v) is 20.2. The summed E-state index contributed by atoms with van der Waals surface area (Å²) in [5.41, 5.74) is 2.37. The first kappa shape index (κ1) is 23.4. The molecule has 3 atom stereocenters. The second-order valence-electron chi connectivity index (χ2n) is 10.6. The van der Waals surface area contributed by atoms with Crippen molar-refractivity contribution in [2.75, 3.05) is 0 Å². The molecule has 2 aromatic carbocycles. The molecule has 1 fully saturated rings.